The van der Waals surface area contributed by atoms with E-state index in [9.17, 15) is 14.9 Å². The van der Waals surface area contributed by atoms with Crippen molar-refractivity contribution >= 4 is 50.5 Å². The summed E-state index contributed by atoms with van der Waals surface area (Å²) in [6.07, 6.45) is 1.81. The summed E-state index contributed by atoms with van der Waals surface area (Å²) in [5, 5.41) is 11.5. The molecule has 0 spiro atoms. The van der Waals surface area contributed by atoms with Gasteiger partial charge >= 0.3 is 0 Å². The number of aliphatic imine (C=N–C) groups is 1. The minimum Gasteiger partial charge on any atom is -0.493 e. The molecule has 3 rings (SSSR count). The molecule has 0 radical (unpaired) electrons. The van der Waals surface area contributed by atoms with Crippen molar-refractivity contribution in [2.24, 2.45) is 4.99 Å². The highest BCUT2D eigenvalue weighted by Crippen LogP contribution is 2.39. The Balaban J connectivity index is 1.82. The van der Waals surface area contributed by atoms with Crippen molar-refractivity contribution in [3.8, 4) is 11.5 Å². The molecule has 0 unspecified atom stereocenters. The van der Waals surface area contributed by atoms with E-state index in [-0.39, 0.29) is 18.2 Å². The van der Waals surface area contributed by atoms with E-state index >= 15 is 0 Å². The average molecular weight is 520 g/mol. The number of non-ortho nitro benzene ring substituents is 1. The number of rotatable bonds is 8. The molecule has 1 fully saturated rings. The van der Waals surface area contributed by atoms with E-state index in [0.717, 1.165) is 11.1 Å². The molecule has 0 bridgehead atoms. The van der Waals surface area contributed by atoms with E-state index in [1.165, 1.54) is 31.0 Å². The predicted molar refractivity (Wildman–Crippen MR) is 129 cm³/mol. The number of likely N-dealkylation sites (N-methyl/N-ethyl adjacent to an activating group) is 1. The first-order valence-electron chi connectivity index (χ1n) is 9.87. The molecule has 0 N–H and O–H groups in total. The zero-order valence-electron chi connectivity index (χ0n) is 17.8. The zero-order valence-corrected chi connectivity index (χ0v) is 20.2. The van der Waals surface area contributed by atoms with E-state index in [0.29, 0.717) is 39.1 Å². The summed E-state index contributed by atoms with van der Waals surface area (Å²) in [6, 6.07) is 9.81. The van der Waals surface area contributed by atoms with Gasteiger partial charge < -0.3 is 9.47 Å². The number of ether oxygens (including phenoxy) is 2. The van der Waals surface area contributed by atoms with Crippen molar-refractivity contribution in [2.75, 3.05) is 20.2 Å². The van der Waals surface area contributed by atoms with Gasteiger partial charge in [-0.25, -0.2) is 0 Å². The third-order valence-electron chi connectivity index (χ3n) is 4.58. The number of hydrogen-bond acceptors (Lipinski definition) is 7. The van der Waals surface area contributed by atoms with E-state index in [1.807, 2.05) is 19.9 Å². The van der Waals surface area contributed by atoms with Gasteiger partial charge in [0.1, 0.15) is 6.61 Å². The van der Waals surface area contributed by atoms with Gasteiger partial charge in [-0.1, -0.05) is 0 Å². The van der Waals surface area contributed by atoms with Gasteiger partial charge in [0.05, 0.1) is 21.4 Å². The summed E-state index contributed by atoms with van der Waals surface area (Å²) in [4.78, 5) is 29.7. The number of nitrogens with zero attached hydrogens (tertiary/aromatic N) is 3. The van der Waals surface area contributed by atoms with Gasteiger partial charge in [-0.05, 0) is 83.0 Å². The van der Waals surface area contributed by atoms with Crippen molar-refractivity contribution < 1.29 is 19.2 Å². The summed E-state index contributed by atoms with van der Waals surface area (Å²) in [7, 11) is 1.54. The minimum atomic E-state index is -0.443. The highest BCUT2D eigenvalue weighted by Gasteiger charge is 2.31. The van der Waals surface area contributed by atoms with Gasteiger partial charge in [0.25, 0.3) is 11.6 Å². The number of benzene rings is 2. The number of nitro benzene ring substituents is 1. The van der Waals surface area contributed by atoms with Crippen LogP contribution in [-0.4, -0.2) is 41.1 Å². The van der Waals surface area contributed by atoms with E-state index < -0.39 is 4.92 Å². The predicted octanol–water partition coefficient (Wildman–Crippen LogP) is 5.26. The van der Waals surface area contributed by atoms with Crippen LogP contribution in [0.1, 0.15) is 25.0 Å². The summed E-state index contributed by atoms with van der Waals surface area (Å²) in [5.74, 6) is 0.929. The summed E-state index contributed by atoms with van der Waals surface area (Å²) >= 11 is 4.88. The Morgan fingerprint density at radius 2 is 1.97 bits per heavy atom. The number of nitro groups is 1. The maximum Gasteiger partial charge on any atom is 0.269 e. The molecule has 8 nitrogen and oxygen atoms in total. The van der Waals surface area contributed by atoms with Crippen LogP contribution < -0.4 is 9.47 Å². The van der Waals surface area contributed by atoms with Crippen molar-refractivity contribution in [2.45, 2.75) is 20.5 Å². The fourth-order valence-electron chi connectivity index (χ4n) is 3.02. The summed E-state index contributed by atoms with van der Waals surface area (Å²) < 4.78 is 12.1. The Morgan fingerprint density at radius 3 is 2.56 bits per heavy atom. The van der Waals surface area contributed by atoms with Crippen LogP contribution in [0.25, 0.3) is 6.08 Å². The Hall–Kier alpha value is -2.85. The normalized spacial score (nSPS) is 16.1. The van der Waals surface area contributed by atoms with E-state index in [4.69, 9.17) is 9.47 Å². The number of thioether (sulfide) groups is 1. The van der Waals surface area contributed by atoms with Crippen LogP contribution in [0.2, 0.25) is 0 Å². The van der Waals surface area contributed by atoms with Gasteiger partial charge in [0.15, 0.2) is 16.7 Å². The molecule has 0 atom stereocenters. The molecule has 10 heteroatoms. The third-order valence-corrected chi connectivity index (χ3v) is 6.21. The van der Waals surface area contributed by atoms with Gasteiger partial charge in [-0.2, -0.15) is 0 Å². The molecule has 1 aliphatic heterocycles. The second kappa shape index (κ2) is 10.6. The van der Waals surface area contributed by atoms with Crippen molar-refractivity contribution in [1.29, 1.82) is 0 Å². The maximum atomic E-state index is 12.7. The quantitative estimate of drug-likeness (QED) is 0.268. The van der Waals surface area contributed by atoms with Gasteiger partial charge in [0, 0.05) is 25.2 Å². The fraction of sp³-hybridized carbons (Fsp3) is 0.273. The van der Waals surface area contributed by atoms with Crippen LogP contribution in [0.15, 0.2) is 50.8 Å². The largest absolute Gasteiger partial charge is 0.493 e. The number of amidine groups is 1. The SMILES string of the molecule is CCN=C1S/C(=C/c2cc(Br)c(OCc3ccc([N+](=O)[O-])cc3)c(OC)c2)C(=O)N1CC. The van der Waals surface area contributed by atoms with Crippen molar-refractivity contribution in [3.05, 3.63) is 67.0 Å². The first-order chi connectivity index (χ1) is 15.4. The van der Waals surface area contributed by atoms with Crippen LogP contribution in [0.4, 0.5) is 5.69 Å². The highest BCUT2D eigenvalue weighted by molar-refractivity contribution is 9.10. The molecule has 1 heterocycles. The molecule has 1 saturated heterocycles. The smallest absolute Gasteiger partial charge is 0.269 e. The molecule has 0 aromatic heterocycles. The molecule has 2 aromatic rings. The molecule has 32 heavy (non-hydrogen) atoms. The van der Waals surface area contributed by atoms with Crippen LogP contribution in [0.3, 0.4) is 0 Å². The van der Waals surface area contributed by atoms with Crippen LogP contribution in [0.5, 0.6) is 11.5 Å². The first-order valence-corrected chi connectivity index (χ1v) is 11.5. The van der Waals surface area contributed by atoms with Crippen molar-refractivity contribution in [1.82, 2.24) is 4.90 Å². The van der Waals surface area contributed by atoms with E-state index in [2.05, 4.69) is 20.9 Å². The summed E-state index contributed by atoms with van der Waals surface area (Å²) in [5.41, 5.74) is 1.59. The van der Waals surface area contributed by atoms with Crippen molar-refractivity contribution in [3.63, 3.8) is 0 Å². The number of halogens is 1. The lowest BCUT2D eigenvalue weighted by Crippen LogP contribution is -2.28. The molecule has 0 saturated carbocycles. The Labute approximate surface area is 198 Å². The monoisotopic (exact) mass is 519 g/mol. The Kier molecular flexibility index (Phi) is 7.92. The van der Waals surface area contributed by atoms with Gasteiger partial charge in [-0.3, -0.25) is 24.8 Å². The lowest BCUT2D eigenvalue weighted by atomic mass is 10.1. The molecule has 0 aliphatic carbocycles. The van der Waals surface area contributed by atoms with Crippen LogP contribution >= 0.6 is 27.7 Å². The number of carbonyl (C=O) groups excluding carboxylic acids is 1. The fourth-order valence-corrected chi connectivity index (χ4v) is 4.70. The topological polar surface area (TPSA) is 94.3 Å². The lowest BCUT2D eigenvalue weighted by Gasteiger charge is -2.14. The highest BCUT2D eigenvalue weighted by atomic mass is 79.9. The zero-order chi connectivity index (χ0) is 23.3. The third kappa shape index (κ3) is 5.31. The minimum absolute atomic E-state index is 0.0259. The van der Waals surface area contributed by atoms with Gasteiger partial charge in [0.2, 0.25) is 0 Å². The standard InChI is InChI=1S/C22H22BrN3O5S/c1-4-24-22-25(5-2)21(27)19(32-22)12-15-10-17(23)20(18(11-15)30-3)31-13-14-6-8-16(9-7-14)26(28)29/h6-12H,4-5,13H2,1-3H3/b19-12+,24-22?. The first kappa shape index (κ1) is 23.8. The molecule has 168 valence electrons. The number of methoxy groups -OCH3 is 1. The molecular weight excluding hydrogens is 498 g/mol. The number of amides is 1. The molecule has 2 aromatic carbocycles. The molecule has 1 aliphatic rings. The maximum absolute atomic E-state index is 12.7. The number of carbonyl (C=O) groups is 1. The lowest BCUT2D eigenvalue weighted by molar-refractivity contribution is -0.384. The Morgan fingerprint density at radius 1 is 1.25 bits per heavy atom. The van der Waals surface area contributed by atoms with E-state index in [1.54, 1.807) is 29.2 Å². The van der Waals surface area contributed by atoms with Gasteiger partial charge in [-0.15, -0.1) is 0 Å². The molecule has 1 amide bonds. The number of hydrogen-bond donors (Lipinski definition) is 0. The second-order valence-corrected chi connectivity index (χ2v) is 8.53. The molecular formula is C22H22BrN3O5S. The van der Waals surface area contributed by atoms with Crippen LogP contribution in [0, 0.1) is 10.1 Å². The average Bonchev–Trinajstić information content (AvgIpc) is 3.07. The Bertz CT molecular complexity index is 1090. The van der Waals surface area contributed by atoms with Crippen LogP contribution in [-0.2, 0) is 11.4 Å². The summed E-state index contributed by atoms with van der Waals surface area (Å²) in [6.45, 7) is 5.24. The second-order valence-electron chi connectivity index (χ2n) is 6.66.